The molecule has 1 N–H and O–H groups in total. The maximum absolute atomic E-state index is 13.8. The minimum Gasteiger partial charge on any atom is -0.480 e. The molecule has 1 atom stereocenters. The Labute approximate surface area is 131 Å². The third-order valence-electron chi connectivity index (χ3n) is 3.69. The highest BCUT2D eigenvalue weighted by Crippen LogP contribution is 2.28. The van der Waals surface area contributed by atoms with E-state index in [1.165, 1.54) is 0 Å². The summed E-state index contributed by atoms with van der Waals surface area (Å²) >= 11 is 0. The molecule has 0 saturated carbocycles. The van der Waals surface area contributed by atoms with Crippen LogP contribution in [0.25, 0.3) is 0 Å². The van der Waals surface area contributed by atoms with Crippen molar-refractivity contribution in [2.75, 3.05) is 24.5 Å². The smallest absolute Gasteiger partial charge is 0.323 e. The van der Waals surface area contributed by atoms with Crippen molar-refractivity contribution in [1.29, 1.82) is 0 Å². The number of benzene rings is 1. The lowest BCUT2D eigenvalue weighted by Crippen LogP contribution is -2.40. The number of rotatable bonds is 5. The summed E-state index contributed by atoms with van der Waals surface area (Å²) in [5.74, 6) is -4.46. The fraction of sp³-hybridized carbons (Fsp3) is 0.400. The first-order valence-electron chi connectivity index (χ1n) is 7.09. The minimum atomic E-state index is -1.15. The SMILES string of the molecule is CCN(CC(=O)O)C(=O)C1CC(=O)N(c2ccc(F)cc2F)C1. The van der Waals surface area contributed by atoms with E-state index < -0.39 is 41.9 Å². The van der Waals surface area contributed by atoms with Gasteiger partial charge < -0.3 is 14.9 Å². The molecule has 1 aromatic rings. The molecule has 2 amide bonds. The maximum atomic E-state index is 13.8. The van der Waals surface area contributed by atoms with E-state index in [0.29, 0.717) is 6.07 Å². The summed E-state index contributed by atoms with van der Waals surface area (Å²) in [6, 6.07) is 2.84. The van der Waals surface area contributed by atoms with Gasteiger partial charge in [-0.15, -0.1) is 0 Å². The molecule has 8 heteroatoms. The monoisotopic (exact) mass is 326 g/mol. The van der Waals surface area contributed by atoms with Crippen molar-refractivity contribution in [2.24, 2.45) is 5.92 Å². The summed E-state index contributed by atoms with van der Waals surface area (Å²) in [7, 11) is 0. The van der Waals surface area contributed by atoms with Crippen LogP contribution in [-0.2, 0) is 14.4 Å². The van der Waals surface area contributed by atoms with Gasteiger partial charge in [-0.2, -0.15) is 0 Å². The van der Waals surface area contributed by atoms with E-state index in [9.17, 15) is 23.2 Å². The quantitative estimate of drug-likeness (QED) is 0.883. The Morgan fingerprint density at radius 1 is 1.39 bits per heavy atom. The Morgan fingerprint density at radius 3 is 2.65 bits per heavy atom. The molecule has 23 heavy (non-hydrogen) atoms. The topological polar surface area (TPSA) is 77.9 Å². The normalized spacial score (nSPS) is 17.4. The summed E-state index contributed by atoms with van der Waals surface area (Å²) in [5, 5.41) is 8.79. The van der Waals surface area contributed by atoms with Gasteiger partial charge >= 0.3 is 5.97 Å². The average Bonchev–Trinajstić information content (AvgIpc) is 2.85. The van der Waals surface area contributed by atoms with Gasteiger partial charge in [-0.05, 0) is 19.1 Å². The number of halogens is 2. The molecule has 1 fully saturated rings. The van der Waals surface area contributed by atoms with Crippen molar-refractivity contribution in [1.82, 2.24) is 4.90 Å². The third-order valence-corrected chi connectivity index (χ3v) is 3.69. The number of likely N-dealkylation sites (N-methyl/N-ethyl adjacent to an activating group) is 1. The zero-order valence-electron chi connectivity index (χ0n) is 12.5. The first-order chi connectivity index (χ1) is 10.8. The molecule has 1 heterocycles. The third kappa shape index (κ3) is 3.64. The number of hydrogen-bond acceptors (Lipinski definition) is 3. The van der Waals surface area contributed by atoms with Crippen LogP contribution in [0.4, 0.5) is 14.5 Å². The number of carboxylic acid groups (broad SMARTS) is 1. The molecule has 1 saturated heterocycles. The number of amides is 2. The van der Waals surface area contributed by atoms with E-state index in [-0.39, 0.29) is 25.2 Å². The molecule has 2 rings (SSSR count). The van der Waals surface area contributed by atoms with E-state index in [2.05, 4.69) is 0 Å². The average molecular weight is 326 g/mol. The molecule has 1 unspecified atom stereocenters. The lowest BCUT2D eigenvalue weighted by atomic mass is 10.1. The molecule has 0 spiro atoms. The molecule has 0 radical (unpaired) electrons. The molecule has 0 aliphatic carbocycles. The Bertz CT molecular complexity index is 650. The van der Waals surface area contributed by atoms with Crippen molar-refractivity contribution >= 4 is 23.5 Å². The molecule has 1 aromatic carbocycles. The standard InChI is InChI=1S/C15H16F2N2O4/c1-2-18(8-14(21)22)15(23)9-5-13(20)19(7-9)12-4-3-10(16)6-11(12)17/h3-4,6,9H,2,5,7-8H2,1H3,(H,21,22). The summed E-state index contributed by atoms with van der Waals surface area (Å²) in [6.07, 6.45) is -0.133. The zero-order valence-corrected chi connectivity index (χ0v) is 12.5. The van der Waals surface area contributed by atoms with Crippen molar-refractivity contribution in [2.45, 2.75) is 13.3 Å². The number of carboxylic acids is 1. The van der Waals surface area contributed by atoms with Crippen molar-refractivity contribution in [3.8, 4) is 0 Å². The van der Waals surface area contributed by atoms with Crippen LogP contribution in [0.3, 0.4) is 0 Å². The largest absolute Gasteiger partial charge is 0.480 e. The summed E-state index contributed by atoms with van der Waals surface area (Å²) in [6.45, 7) is 1.32. The Kier molecular flexibility index (Phi) is 4.92. The fourth-order valence-electron chi connectivity index (χ4n) is 2.57. The van der Waals surface area contributed by atoms with Gasteiger partial charge in [0, 0.05) is 25.6 Å². The number of nitrogens with zero attached hydrogens (tertiary/aromatic N) is 2. The highest BCUT2D eigenvalue weighted by molar-refractivity contribution is 6.00. The van der Waals surface area contributed by atoms with Gasteiger partial charge in [0.15, 0.2) is 0 Å². The van der Waals surface area contributed by atoms with Gasteiger partial charge in [0.1, 0.15) is 18.2 Å². The van der Waals surface area contributed by atoms with Crippen LogP contribution in [0, 0.1) is 17.6 Å². The van der Waals surface area contributed by atoms with Gasteiger partial charge in [0.25, 0.3) is 0 Å². The Hall–Kier alpha value is -2.51. The van der Waals surface area contributed by atoms with Gasteiger partial charge in [-0.25, -0.2) is 8.78 Å². The van der Waals surface area contributed by atoms with Crippen LogP contribution in [0.5, 0.6) is 0 Å². The molecular weight excluding hydrogens is 310 g/mol. The summed E-state index contributed by atoms with van der Waals surface area (Å²) < 4.78 is 26.7. The van der Waals surface area contributed by atoms with Crippen LogP contribution < -0.4 is 4.90 Å². The molecule has 124 valence electrons. The predicted octanol–water partition coefficient (Wildman–Crippen LogP) is 1.25. The zero-order chi connectivity index (χ0) is 17.1. The molecule has 6 nitrogen and oxygen atoms in total. The number of carbonyl (C=O) groups is 3. The van der Waals surface area contributed by atoms with E-state index in [1.807, 2.05) is 0 Å². The van der Waals surface area contributed by atoms with Gasteiger partial charge in [-0.3, -0.25) is 14.4 Å². The van der Waals surface area contributed by atoms with Crippen LogP contribution in [0.15, 0.2) is 18.2 Å². The fourth-order valence-corrected chi connectivity index (χ4v) is 2.57. The van der Waals surface area contributed by atoms with E-state index in [4.69, 9.17) is 5.11 Å². The molecular formula is C15H16F2N2O4. The van der Waals surface area contributed by atoms with Crippen LogP contribution >= 0.6 is 0 Å². The number of carbonyl (C=O) groups excluding carboxylic acids is 2. The number of aliphatic carboxylic acids is 1. The molecule has 1 aliphatic heterocycles. The van der Waals surface area contributed by atoms with Crippen molar-refractivity contribution in [3.63, 3.8) is 0 Å². The van der Waals surface area contributed by atoms with Crippen LogP contribution in [0.1, 0.15) is 13.3 Å². The minimum absolute atomic E-state index is 0.0592. The molecule has 0 aromatic heterocycles. The summed E-state index contributed by atoms with van der Waals surface area (Å²) in [5.41, 5.74) is -0.0898. The van der Waals surface area contributed by atoms with Gasteiger partial charge in [0.05, 0.1) is 11.6 Å². The lowest BCUT2D eigenvalue weighted by Gasteiger charge is -2.22. The Morgan fingerprint density at radius 2 is 2.09 bits per heavy atom. The first kappa shape index (κ1) is 16.9. The summed E-state index contributed by atoms with van der Waals surface area (Å²) in [4.78, 5) is 37.3. The second-order valence-electron chi connectivity index (χ2n) is 5.25. The van der Waals surface area contributed by atoms with Gasteiger partial charge in [0.2, 0.25) is 11.8 Å². The number of anilines is 1. The van der Waals surface area contributed by atoms with Crippen molar-refractivity contribution in [3.05, 3.63) is 29.8 Å². The highest BCUT2D eigenvalue weighted by Gasteiger charge is 2.38. The second kappa shape index (κ2) is 6.72. The number of hydrogen-bond donors (Lipinski definition) is 1. The lowest BCUT2D eigenvalue weighted by molar-refractivity contribution is -0.146. The Balaban J connectivity index is 2.15. The molecule has 1 aliphatic rings. The predicted molar refractivity (Wildman–Crippen MR) is 76.7 cm³/mol. The maximum Gasteiger partial charge on any atom is 0.323 e. The second-order valence-corrected chi connectivity index (χ2v) is 5.25. The van der Waals surface area contributed by atoms with Crippen molar-refractivity contribution < 1.29 is 28.3 Å². The van der Waals surface area contributed by atoms with Gasteiger partial charge in [-0.1, -0.05) is 0 Å². The molecule has 0 bridgehead atoms. The highest BCUT2D eigenvalue weighted by atomic mass is 19.1. The van der Waals surface area contributed by atoms with Crippen LogP contribution in [0.2, 0.25) is 0 Å². The van der Waals surface area contributed by atoms with E-state index >= 15 is 0 Å². The first-order valence-corrected chi connectivity index (χ1v) is 7.09. The van der Waals surface area contributed by atoms with E-state index in [0.717, 1.165) is 21.9 Å². The van der Waals surface area contributed by atoms with Crippen LogP contribution in [-0.4, -0.2) is 47.4 Å². The van der Waals surface area contributed by atoms with E-state index in [1.54, 1.807) is 6.92 Å².